The van der Waals surface area contributed by atoms with E-state index in [-0.39, 0.29) is 11.9 Å². The van der Waals surface area contributed by atoms with E-state index in [9.17, 15) is 0 Å². The highest BCUT2D eigenvalue weighted by Gasteiger charge is 2.31. The van der Waals surface area contributed by atoms with Gasteiger partial charge < -0.3 is 13.9 Å². The maximum Gasteiger partial charge on any atom is 0.217 e. The zero-order valence-corrected chi connectivity index (χ0v) is 9.83. The third-order valence-electron chi connectivity index (χ3n) is 2.23. The molecule has 1 aromatic heterocycles. The first-order chi connectivity index (χ1) is 6.57. The van der Waals surface area contributed by atoms with Crippen molar-refractivity contribution >= 4 is 15.9 Å². The number of hydrogen-bond donors (Lipinski definition) is 0. The van der Waals surface area contributed by atoms with E-state index < -0.39 is 0 Å². The van der Waals surface area contributed by atoms with E-state index in [1.165, 1.54) is 0 Å². The van der Waals surface area contributed by atoms with Gasteiger partial charge in [0.15, 0.2) is 10.4 Å². The van der Waals surface area contributed by atoms with Gasteiger partial charge in [0, 0.05) is 0 Å². The molecule has 1 aromatic rings. The van der Waals surface area contributed by atoms with Crippen LogP contribution in [0, 0.1) is 0 Å². The summed E-state index contributed by atoms with van der Waals surface area (Å²) in [5.74, 6) is 0.713. The molecule has 0 saturated carbocycles. The molecule has 0 N–H and O–H groups in total. The summed E-state index contributed by atoms with van der Waals surface area (Å²) in [7, 11) is 0. The first kappa shape index (κ1) is 10.2. The van der Waals surface area contributed by atoms with Crippen LogP contribution in [0.1, 0.15) is 32.3 Å². The van der Waals surface area contributed by atoms with Gasteiger partial charge in [0.2, 0.25) is 6.29 Å². The minimum atomic E-state index is -0.370. The van der Waals surface area contributed by atoms with E-state index in [1.54, 1.807) is 0 Å². The SMILES string of the molecule is CC1(C)CCOC(c2ccc(Br)o2)O1. The second-order valence-corrected chi connectivity index (χ2v) is 4.75. The van der Waals surface area contributed by atoms with E-state index >= 15 is 0 Å². The van der Waals surface area contributed by atoms with Gasteiger partial charge in [-0.1, -0.05) is 0 Å². The standard InChI is InChI=1S/C10H13BrO3/c1-10(2)5-6-12-9(14-10)7-3-4-8(11)13-7/h3-4,9H,5-6H2,1-2H3. The molecule has 1 aliphatic rings. The Kier molecular flexibility index (Phi) is 2.68. The molecule has 3 nitrogen and oxygen atoms in total. The monoisotopic (exact) mass is 260 g/mol. The third kappa shape index (κ3) is 2.19. The molecule has 78 valence electrons. The Morgan fingerprint density at radius 3 is 2.79 bits per heavy atom. The van der Waals surface area contributed by atoms with Crippen molar-refractivity contribution in [3.63, 3.8) is 0 Å². The molecule has 1 aliphatic heterocycles. The van der Waals surface area contributed by atoms with E-state index in [1.807, 2.05) is 12.1 Å². The topological polar surface area (TPSA) is 31.6 Å². The molecule has 2 rings (SSSR count). The molecular weight excluding hydrogens is 248 g/mol. The molecule has 1 atom stereocenters. The largest absolute Gasteiger partial charge is 0.449 e. The maximum absolute atomic E-state index is 5.74. The lowest BCUT2D eigenvalue weighted by Crippen LogP contribution is -2.34. The van der Waals surface area contributed by atoms with Gasteiger partial charge in [0.05, 0.1) is 12.2 Å². The molecular formula is C10H13BrO3. The van der Waals surface area contributed by atoms with E-state index in [0.717, 1.165) is 6.42 Å². The molecule has 0 bridgehead atoms. The van der Waals surface area contributed by atoms with Crippen molar-refractivity contribution in [2.45, 2.75) is 32.2 Å². The van der Waals surface area contributed by atoms with Crippen LogP contribution in [0.2, 0.25) is 0 Å². The average Bonchev–Trinajstić information content (AvgIpc) is 2.50. The van der Waals surface area contributed by atoms with Crippen LogP contribution in [-0.2, 0) is 9.47 Å². The minimum Gasteiger partial charge on any atom is -0.449 e. The fourth-order valence-electron chi connectivity index (χ4n) is 1.39. The summed E-state index contributed by atoms with van der Waals surface area (Å²) in [6.45, 7) is 4.82. The summed E-state index contributed by atoms with van der Waals surface area (Å²) in [5, 5.41) is 0. The number of hydrogen-bond acceptors (Lipinski definition) is 3. The Balaban J connectivity index is 2.12. The van der Waals surface area contributed by atoms with Crippen LogP contribution in [0.25, 0.3) is 0 Å². The summed E-state index contributed by atoms with van der Waals surface area (Å²) in [6.07, 6.45) is 0.538. The van der Waals surface area contributed by atoms with Gasteiger partial charge in [-0.15, -0.1) is 0 Å². The highest BCUT2D eigenvalue weighted by atomic mass is 79.9. The van der Waals surface area contributed by atoms with Crippen LogP contribution >= 0.6 is 15.9 Å². The summed E-state index contributed by atoms with van der Waals surface area (Å²) in [5.41, 5.74) is -0.137. The highest BCUT2D eigenvalue weighted by molar-refractivity contribution is 9.10. The lowest BCUT2D eigenvalue weighted by atomic mass is 10.1. The highest BCUT2D eigenvalue weighted by Crippen LogP contribution is 2.33. The molecule has 0 spiro atoms. The molecule has 1 saturated heterocycles. The van der Waals surface area contributed by atoms with Crippen LogP contribution < -0.4 is 0 Å². The summed E-state index contributed by atoms with van der Waals surface area (Å²) < 4.78 is 17.3. The van der Waals surface area contributed by atoms with Gasteiger partial charge in [-0.3, -0.25) is 0 Å². The Labute approximate surface area is 91.5 Å². The van der Waals surface area contributed by atoms with Crippen LogP contribution in [0.3, 0.4) is 0 Å². The molecule has 1 unspecified atom stereocenters. The zero-order chi connectivity index (χ0) is 10.2. The van der Waals surface area contributed by atoms with Crippen LogP contribution in [-0.4, -0.2) is 12.2 Å². The number of rotatable bonds is 1. The normalized spacial score (nSPS) is 26.4. The van der Waals surface area contributed by atoms with Gasteiger partial charge in [0.25, 0.3) is 0 Å². The Bertz CT molecular complexity index is 319. The van der Waals surface area contributed by atoms with Gasteiger partial charge in [-0.2, -0.15) is 0 Å². The fraction of sp³-hybridized carbons (Fsp3) is 0.600. The molecule has 4 heteroatoms. The van der Waals surface area contributed by atoms with Crippen molar-refractivity contribution < 1.29 is 13.9 Å². The van der Waals surface area contributed by atoms with Crippen molar-refractivity contribution in [1.82, 2.24) is 0 Å². The number of ether oxygens (including phenoxy) is 2. The molecule has 0 aliphatic carbocycles. The van der Waals surface area contributed by atoms with Crippen molar-refractivity contribution in [2.24, 2.45) is 0 Å². The predicted molar refractivity (Wildman–Crippen MR) is 54.9 cm³/mol. The fourth-order valence-corrected chi connectivity index (χ4v) is 1.71. The quantitative estimate of drug-likeness (QED) is 0.777. The number of furan rings is 1. The first-order valence-corrected chi connectivity index (χ1v) is 5.41. The lowest BCUT2D eigenvalue weighted by molar-refractivity contribution is -0.256. The molecule has 0 radical (unpaired) electrons. The molecule has 1 fully saturated rings. The van der Waals surface area contributed by atoms with E-state index in [0.29, 0.717) is 17.0 Å². The average molecular weight is 261 g/mol. The van der Waals surface area contributed by atoms with Crippen molar-refractivity contribution in [2.75, 3.05) is 6.61 Å². The minimum absolute atomic E-state index is 0.137. The molecule has 14 heavy (non-hydrogen) atoms. The predicted octanol–water partition coefficient (Wildman–Crippen LogP) is 3.26. The van der Waals surface area contributed by atoms with Crippen LogP contribution in [0.4, 0.5) is 0 Å². The van der Waals surface area contributed by atoms with Crippen molar-refractivity contribution in [1.29, 1.82) is 0 Å². The molecule has 0 aromatic carbocycles. The molecule has 2 heterocycles. The van der Waals surface area contributed by atoms with Gasteiger partial charge in [0.1, 0.15) is 0 Å². The van der Waals surface area contributed by atoms with Gasteiger partial charge >= 0.3 is 0 Å². The summed E-state index contributed by atoms with van der Waals surface area (Å²) in [4.78, 5) is 0. The van der Waals surface area contributed by atoms with Crippen molar-refractivity contribution in [3.8, 4) is 0 Å². The Hall–Kier alpha value is -0.320. The van der Waals surface area contributed by atoms with Crippen LogP contribution in [0.15, 0.2) is 21.2 Å². The maximum atomic E-state index is 5.74. The molecule has 0 amide bonds. The van der Waals surface area contributed by atoms with Crippen LogP contribution in [0.5, 0.6) is 0 Å². The summed E-state index contributed by atoms with van der Waals surface area (Å²) in [6, 6.07) is 3.69. The summed E-state index contributed by atoms with van der Waals surface area (Å²) >= 11 is 3.25. The zero-order valence-electron chi connectivity index (χ0n) is 8.25. The first-order valence-electron chi connectivity index (χ1n) is 4.61. The lowest BCUT2D eigenvalue weighted by Gasteiger charge is -2.34. The van der Waals surface area contributed by atoms with E-state index in [2.05, 4.69) is 29.8 Å². The van der Waals surface area contributed by atoms with E-state index in [4.69, 9.17) is 13.9 Å². The smallest absolute Gasteiger partial charge is 0.217 e. The van der Waals surface area contributed by atoms with Gasteiger partial charge in [-0.25, -0.2) is 0 Å². The second kappa shape index (κ2) is 3.68. The van der Waals surface area contributed by atoms with Gasteiger partial charge in [-0.05, 0) is 48.3 Å². The number of halogens is 1. The Morgan fingerprint density at radius 2 is 2.21 bits per heavy atom. The second-order valence-electron chi connectivity index (χ2n) is 3.97. The van der Waals surface area contributed by atoms with Crippen molar-refractivity contribution in [3.05, 3.63) is 22.6 Å². The third-order valence-corrected chi connectivity index (χ3v) is 2.65. The Morgan fingerprint density at radius 1 is 1.43 bits per heavy atom.